The van der Waals surface area contributed by atoms with Crippen LogP contribution in [-0.2, 0) is 11.2 Å². The lowest BCUT2D eigenvalue weighted by Crippen LogP contribution is -2.22. The molecule has 0 heterocycles. The lowest BCUT2D eigenvalue weighted by molar-refractivity contribution is -0.114. The largest absolute Gasteiger partial charge is 0.376 e. The molecule has 0 unspecified atom stereocenters. The first kappa shape index (κ1) is 14.1. The highest BCUT2D eigenvalue weighted by molar-refractivity contribution is 5.93. The van der Waals surface area contributed by atoms with E-state index in [4.69, 9.17) is 0 Å². The molecule has 0 bridgehead atoms. The maximum Gasteiger partial charge on any atom is 0.243 e. The molecule has 3 heteroatoms. The van der Waals surface area contributed by atoms with Gasteiger partial charge in [0.2, 0.25) is 5.91 Å². The zero-order chi connectivity index (χ0) is 14.4. The van der Waals surface area contributed by atoms with E-state index in [0.717, 1.165) is 23.4 Å². The van der Waals surface area contributed by atoms with Crippen LogP contribution in [0, 0.1) is 6.92 Å². The average molecular weight is 268 g/mol. The number of carbonyl (C=O) groups excluding carboxylic acids is 1. The second-order valence-electron chi connectivity index (χ2n) is 4.73. The average Bonchev–Trinajstić information content (AvgIpc) is 2.46. The third-order valence-corrected chi connectivity index (χ3v) is 3.22. The minimum absolute atomic E-state index is 0.0403. The van der Waals surface area contributed by atoms with Crippen LogP contribution in [0.25, 0.3) is 0 Å². The van der Waals surface area contributed by atoms with E-state index in [2.05, 4.69) is 36.6 Å². The summed E-state index contributed by atoms with van der Waals surface area (Å²) in [5, 5.41) is 6.11. The van der Waals surface area contributed by atoms with Crippen molar-refractivity contribution in [2.45, 2.75) is 20.3 Å². The summed E-state index contributed by atoms with van der Waals surface area (Å²) in [6.45, 7) is 4.44. The molecule has 2 aromatic rings. The highest BCUT2D eigenvalue weighted by Gasteiger charge is 2.06. The molecule has 0 atom stereocenters. The van der Waals surface area contributed by atoms with E-state index in [1.807, 2.05) is 36.4 Å². The van der Waals surface area contributed by atoms with Gasteiger partial charge >= 0.3 is 0 Å². The summed E-state index contributed by atoms with van der Waals surface area (Å²) in [6, 6.07) is 15.7. The summed E-state index contributed by atoms with van der Waals surface area (Å²) in [4.78, 5) is 11.9. The third kappa shape index (κ3) is 3.60. The van der Waals surface area contributed by atoms with Crippen molar-refractivity contribution in [2.75, 3.05) is 17.2 Å². The quantitative estimate of drug-likeness (QED) is 0.869. The molecular weight excluding hydrogens is 248 g/mol. The highest BCUT2D eigenvalue weighted by Crippen LogP contribution is 2.20. The Bertz CT molecular complexity index is 579. The van der Waals surface area contributed by atoms with Crippen LogP contribution in [0.5, 0.6) is 0 Å². The summed E-state index contributed by atoms with van der Waals surface area (Å²) in [5.74, 6) is -0.0403. The van der Waals surface area contributed by atoms with Crippen molar-refractivity contribution in [3.05, 3.63) is 59.7 Å². The number of rotatable bonds is 5. The molecule has 0 aliphatic rings. The van der Waals surface area contributed by atoms with E-state index < -0.39 is 0 Å². The fraction of sp³-hybridized carbons (Fsp3) is 0.235. The number of nitrogens with one attached hydrogen (secondary N) is 2. The molecule has 104 valence electrons. The molecule has 3 nitrogen and oxygen atoms in total. The van der Waals surface area contributed by atoms with Crippen LogP contribution in [0.15, 0.2) is 48.5 Å². The van der Waals surface area contributed by atoms with Crippen LogP contribution in [-0.4, -0.2) is 12.5 Å². The van der Waals surface area contributed by atoms with Gasteiger partial charge in [-0.3, -0.25) is 4.79 Å². The van der Waals surface area contributed by atoms with E-state index in [1.165, 1.54) is 5.56 Å². The monoisotopic (exact) mass is 268 g/mol. The molecule has 0 aliphatic heterocycles. The molecule has 2 rings (SSSR count). The van der Waals surface area contributed by atoms with Gasteiger partial charge in [0.1, 0.15) is 0 Å². The van der Waals surface area contributed by atoms with Gasteiger partial charge in [0.15, 0.2) is 0 Å². The Labute approximate surface area is 120 Å². The SMILES string of the molecule is CCc1cccc(C)c1NCC(=O)Nc1ccccc1. The molecule has 0 spiro atoms. The number of para-hydroxylation sites is 2. The van der Waals surface area contributed by atoms with Crippen molar-refractivity contribution in [1.82, 2.24) is 0 Å². The molecule has 0 saturated heterocycles. The molecule has 0 aromatic heterocycles. The fourth-order valence-corrected chi connectivity index (χ4v) is 2.17. The molecule has 2 N–H and O–H groups in total. The fourth-order valence-electron chi connectivity index (χ4n) is 2.17. The van der Waals surface area contributed by atoms with Gasteiger partial charge in [-0.15, -0.1) is 0 Å². The Morgan fingerprint density at radius 2 is 1.80 bits per heavy atom. The summed E-state index contributed by atoms with van der Waals surface area (Å²) < 4.78 is 0. The Kier molecular flexibility index (Phi) is 4.77. The first-order chi connectivity index (χ1) is 9.70. The third-order valence-electron chi connectivity index (χ3n) is 3.22. The molecule has 1 amide bonds. The number of hydrogen-bond acceptors (Lipinski definition) is 2. The number of anilines is 2. The molecule has 20 heavy (non-hydrogen) atoms. The first-order valence-corrected chi connectivity index (χ1v) is 6.88. The minimum Gasteiger partial charge on any atom is -0.376 e. The predicted molar refractivity (Wildman–Crippen MR) is 84.1 cm³/mol. The van der Waals surface area contributed by atoms with E-state index in [0.29, 0.717) is 0 Å². The summed E-state index contributed by atoms with van der Waals surface area (Å²) >= 11 is 0. The van der Waals surface area contributed by atoms with Crippen molar-refractivity contribution in [1.29, 1.82) is 0 Å². The van der Waals surface area contributed by atoms with Crippen LogP contribution in [0.3, 0.4) is 0 Å². The highest BCUT2D eigenvalue weighted by atomic mass is 16.1. The molecule has 0 radical (unpaired) electrons. The van der Waals surface area contributed by atoms with Crippen LogP contribution in [0.4, 0.5) is 11.4 Å². The van der Waals surface area contributed by atoms with Crippen molar-refractivity contribution >= 4 is 17.3 Å². The number of benzene rings is 2. The van der Waals surface area contributed by atoms with Gasteiger partial charge in [-0.05, 0) is 36.6 Å². The van der Waals surface area contributed by atoms with Gasteiger partial charge in [-0.25, -0.2) is 0 Å². The zero-order valence-electron chi connectivity index (χ0n) is 11.9. The van der Waals surface area contributed by atoms with Crippen molar-refractivity contribution in [3.63, 3.8) is 0 Å². The lowest BCUT2D eigenvalue weighted by Gasteiger charge is -2.14. The summed E-state index contributed by atoms with van der Waals surface area (Å²) in [7, 11) is 0. The van der Waals surface area contributed by atoms with Gasteiger partial charge in [0.25, 0.3) is 0 Å². The maximum absolute atomic E-state index is 11.9. The number of hydrogen-bond donors (Lipinski definition) is 2. The lowest BCUT2D eigenvalue weighted by atomic mass is 10.1. The van der Waals surface area contributed by atoms with Crippen molar-refractivity contribution < 1.29 is 4.79 Å². The number of carbonyl (C=O) groups is 1. The van der Waals surface area contributed by atoms with Crippen LogP contribution < -0.4 is 10.6 Å². The van der Waals surface area contributed by atoms with Gasteiger partial charge in [-0.2, -0.15) is 0 Å². The number of aryl methyl sites for hydroxylation is 2. The molecule has 0 saturated carbocycles. The second-order valence-corrected chi connectivity index (χ2v) is 4.73. The normalized spacial score (nSPS) is 10.1. The number of amides is 1. The standard InChI is InChI=1S/C17H20N2O/c1-3-14-9-7-8-13(2)17(14)18-12-16(20)19-15-10-5-4-6-11-15/h4-11,18H,3,12H2,1-2H3,(H,19,20). The van der Waals surface area contributed by atoms with Crippen LogP contribution >= 0.6 is 0 Å². The van der Waals surface area contributed by atoms with Gasteiger partial charge in [0.05, 0.1) is 6.54 Å². The van der Waals surface area contributed by atoms with Crippen molar-refractivity contribution in [3.8, 4) is 0 Å². The summed E-state index contributed by atoms with van der Waals surface area (Å²) in [5.41, 5.74) is 4.28. The zero-order valence-corrected chi connectivity index (χ0v) is 11.9. The maximum atomic E-state index is 11.9. The van der Waals surface area contributed by atoms with Gasteiger partial charge in [0, 0.05) is 11.4 Å². The first-order valence-electron chi connectivity index (χ1n) is 6.88. The Morgan fingerprint density at radius 3 is 2.50 bits per heavy atom. The van der Waals surface area contributed by atoms with E-state index in [-0.39, 0.29) is 12.5 Å². The van der Waals surface area contributed by atoms with Crippen molar-refractivity contribution in [2.24, 2.45) is 0 Å². The molecular formula is C17H20N2O. The Hall–Kier alpha value is -2.29. The molecule has 0 fully saturated rings. The van der Waals surface area contributed by atoms with Crippen LogP contribution in [0.2, 0.25) is 0 Å². The smallest absolute Gasteiger partial charge is 0.243 e. The van der Waals surface area contributed by atoms with Crippen LogP contribution in [0.1, 0.15) is 18.1 Å². The van der Waals surface area contributed by atoms with Gasteiger partial charge in [-0.1, -0.05) is 43.3 Å². The Morgan fingerprint density at radius 1 is 1.05 bits per heavy atom. The van der Waals surface area contributed by atoms with Gasteiger partial charge < -0.3 is 10.6 Å². The predicted octanol–water partition coefficient (Wildman–Crippen LogP) is 3.61. The Balaban J connectivity index is 1.97. The second kappa shape index (κ2) is 6.75. The topological polar surface area (TPSA) is 41.1 Å². The summed E-state index contributed by atoms with van der Waals surface area (Å²) in [6.07, 6.45) is 0.949. The molecule has 0 aliphatic carbocycles. The van der Waals surface area contributed by atoms with E-state index >= 15 is 0 Å². The minimum atomic E-state index is -0.0403. The van der Waals surface area contributed by atoms with E-state index in [1.54, 1.807) is 0 Å². The van der Waals surface area contributed by atoms with E-state index in [9.17, 15) is 4.79 Å². The molecule has 2 aromatic carbocycles.